The van der Waals surface area contributed by atoms with Gasteiger partial charge in [0.2, 0.25) is 0 Å². The van der Waals surface area contributed by atoms with Crippen LogP contribution in [0.15, 0.2) is 36.3 Å². The number of carbonyl (C=O) groups is 1. The number of pyridine rings is 1. The molecule has 2 N–H and O–H groups in total. The highest BCUT2D eigenvalue weighted by atomic mass is 16.5. The summed E-state index contributed by atoms with van der Waals surface area (Å²) in [5.74, 6) is -0.399. The van der Waals surface area contributed by atoms with Crippen LogP contribution in [-0.4, -0.2) is 17.6 Å². The fourth-order valence-corrected chi connectivity index (χ4v) is 1.12. The van der Waals surface area contributed by atoms with E-state index in [9.17, 15) is 4.79 Å². The SMILES string of the molecule is CCOC(=O)/C=C(\N)Cc1ccncc1. The van der Waals surface area contributed by atoms with Crippen LogP contribution in [0.3, 0.4) is 0 Å². The van der Waals surface area contributed by atoms with E-state index in [4.69, 9.17) is 10.5 Å². The number of carbonyl (C=O) groups excluding carboxylic acids is 1. The van der Waals surface area contributed by atoms with Gasteiger partial charge in [-0.1, -0.05) is 0 Å². The minimum Gasteiger partial charge on any atom is -0.463 e. The van der Waals surface area contributed by atoms with Crippen molar-refractivity contribution in [3.63, 3.8) is 0 Å². The van der Waals surface area contributed by atoms with Gasteiger partial charge in [0.05, 0.1) is 6.61 Å². The van der Waals surface area contributed by atoms with Crippen LogP contribution in [0, 0.1) is 0 Å². The van der Waals surface area contributed by atoms with E-state index in [1.54, 1.807) is 19.3 Å². The van der Waals surface area contributed by atoms with Crippen molar-refractivity contribution in [3.05, 3.63) is 41.9 Å². The zero-order valence-electron chi connectivity index (χ0n) is 8.64. The molecule has 4 heteroatoms. The summed E-state index contributed by atoms with van der Waals surface area (Å²) in [6, 6.07) is 3.71. The van der Waals surface area contributed by atoms with Crippen LogP contribution in [-0.2, 0) is 16.0 Å². The molecule has 1 rings (SSSR count). The van der Waals surface area contributed by atoms with Crippen molar-refractivity contribution < 1.29 is 9.53 Å². The molecule has 0 amide bonds. The fraction of sp³-hybridized carbons (Fsp3) is 0.273. The van der Waals surface area contributed by atoms with E-state index in [2.05, 4.69) is 4.98 Å². The van der Waals surface area contributed by atoms with E-state index < -0.39 is 5.97 Å². The summed E-state index contributed by atoms with van der Waals surface area (Å²) < 4.78 is 4.74. The maximum atomic E-state index is 11.1. The van der Waals surface area contributed by atoms with Gasteiger partial charge in [-0.15, -0.1) is 0 Å². The van der Waals surface area contributed by atoms with Crippen molar-refractivity contribution in [2.45, 2.75) is 13.3 Å². The quantitative estimate of drug-likeness (QED) is 0.590. The summed E-state index contributed by atoms with van der Waals surface area (Å²) in [7, 11) is 0. The number of hydrogen-bond donors (Lipinski definition) is 1. The maximum absolute atomic E-state index is 11.1. The molecule has 0 aliphatic rings. The van der Waals surface area contributed by atoms with Gasteiger partial charge in [0.15, 0.2) is 0 Å². The summed E-state index contributed by atoms with van der Waals surface area (Å²) in [5.41, 5.74) is 7.18. The molecule has 1 aromatic heterocycles. The van der Waals surface area contributed by atoms with Crippen LogP contribution >= 0.6 is 0 Å². The van der Waals surface area contributed by atoms with Crippen molar-refractivity contribution in [1.29, 1.82) is 0 Å². The van der Waals surface area contributed by atoms with Gasteiger partial charge < -0.3 is 10.5 Å². The van der Waals surface area contributed by atoms with Crippen molar-refractivity contribution in [1.82, 2.24) is 4.98 Å². The van der Waals surface area contributed by atoms with Gasteiger partial charge in [-0.25, -0.2) is 4.79 Å². The highest BCUT2D eigenvalue weighted by molar-refractivity contribution is 5.82. The van der Waals surface area contributed by atoms with Gasteiger partial charge >= 0.3 is 5.97 Å². The maximum Gasteiger partial charge on any atom is 0.332 e. The first-order valence-corrected chi connectivity index (χ1v) is 4.74. The Morgan fingerprint density at radius 1 is 1.53 bits per heavy atom. The first-order chi connectivity index (χ1) is 7.22. The lowest BCUT2D eigenvalue weighted by Crippen LogP contribution is -2.07. The molecule has 0 aliphatic heterocycles. The summed E-state index contributed by atoms with van der Waals surface area (Å²) in [6.45, 7) is 2.11. The minimum absolute atomic E-state index is 0.359. The van der Waals surface area contributed by atoms with Gasteiger partial charge in [-0.3, -0.25) is 4.98 Å². The highest BCUT2D eigenvalue weighted by Gasteiger charge is 1.99. The number of esters is 1. The molecule has 4 nitrogen and oxygen atoms in total. The lowest BCUT2D eigenvalue weighted by molar-refractivity contribution is -0.137. The number of nitrogens with zero attached hydrogens (tertiary/aromatic N) is 1. The zero-order valence-corrected chi connectivity index (χ0v) is 8.64. The van der Waals surface area contributed by atoms with Gasteiger partial charge in [-0.05, 0) is 24.6 Å². The number of nitrogens with two attached hydrogens (primary N) is 1. The van der Waals surface area contributed by atoms with Gasteiger partial charge in [0.25, 0.3) is 0 Å². The second kappa shape index (κ2) is 5.80. The Morgan fingerprint density at radius 2 is 2.20 bits per heavy atom. The molecule has 0 saturated carbocycles. The molecule has 1 heterocycles. The Hall–Kier alpha value is -1.84. The van der Waals surface area contributed by atoms with Crippen LogP contribution in [0.4, 0.5) is 0 Å². The predicted octanol–water partition coefficient (Wildman–Crippen LogP) is 1.03. The Labute approximate surface area is 88.8 Å². The first kappa shape index (κ1) is 11.2. The average molecular weight is 206 g/mol. The molecule has 0 spiro atoms. The number of allylic oxidation sites excluding steroid dienone is 1. The van der Waals surface area contributed by atoms with Crippen LogP contribution in [0.25, 0.3) is 0 Å². The van der Waals surface area contributed by atoms with Crippen molar-refractivity contribution in [3.8, 4) is 0 Å². The molecular formula is C11H14N2O2. The Balaban J connectivity index is 2.55. The molecule has 0 bridgehead atoms. The van der Waals surface area contributed by atoms with E-state index in [0.29, 0.717) is 18.7 Å². The third kappa shape index (κ3) is 4.26. The summed E-state index contributed by atoms with van der Waals surface area (Å²) >= 11 is 0. The van der Waals surface area contributed by atoms with Gasteiger partial charge in [0, 0.05) is 30.6 Å². The lowest BCUT2D eigenvalue weighted by atomic mass is 10.1. The Bertz CT molecular complexity index is 347. The zero-order chi connectivity index (χ0) is 11.1. The lowest BCUT2D eigenvalue weighted by Gasteiger charge is -2.01. The minimum atomic E-state index is -0.399. The van der Waals surface area contributed by atoms with Crippen molar-refractivity contribution in [2.24, 2.45) is 5.73 Å². The van der Waals surface area contributed by atoms with E-state index in [-0.39, 0.29) is 0 Å². The second-order valence-electron chi connectivity index (χ2n) is 3.00. The van der Waals surface area contributed by atoms with E-state index in [1.807, 2.05) is 12.1 Å². The van der Waals surface area contributed by atoms with E-state index >= 15 is 0 Å². The largest absolute Gasteiger partial charge is 0.463 e. The third-order valence-corrected chi connectivity index (χ3v) is 1.75. The number of hydrogen-bond acceptors (Lipinski definition) is 4. The molecule has 80 valence electrons. The van der Waals surface area contributed by atoms with E-state index in [1.165, 1.54) is 6.08 Å². The monoisotopic (exact) mass is 206 g/mol. The Morgan fingerprint density at radius 3 is 2.80 bits per heavy atom. The standard InChI is InChI=1S/C11H14N2O2/c1-2-15-11(14)8-10(12)7-9-3-5-13-6-4-9/h3-6,8H,2,7,12H2,1H3/b10-8-. The average Bonchev–Trinajstić information content (AvgIpc) is 2.19. The van der Waals surface area contributed by atoms with Crippen LogP contribution in [0.1, 0.15) is 12.5 Å². The highest BCUT2D eigenvalue weighted by Crippen LogP contribution is 2.02. The molecule has 1 aromatic rings. The fourth-order valence-electron chi connectivity index (χ4n) is 1.12. The number of rotatable bonds is 4. The molecule has 15 heavy (non-hydrogen) atoms. The Kier molecular flexibility index (Phi) is 4.34. The number of aromatic nitrogens is 1. The molecule has 0 aromatic carbocycles. The topological polar surface area (TPSA) is 65.2 Å². The van der Waals surface area contributed by atoms with Crippen LogP contribution in [0.5, 0.6) is 0 Å². The summed E-state index contributed by atoms with van der Waals surface area (Å²) in [6.07, 6.45) is 5.21. The molecular weight excluding hydrogens is 192 g/mol. The molecule has 0 atom stereocenters. The molecule has 0 unspecified atom stereocenters. The van der Waals surface area contributed by atoms with Crippen LogP contribution < -0.4 is 5.73 Å². The normalized spacial score (nSPS) is 11.1. The van der Waals surface area contributed by atoms with E-state index in [0.717, 1.165) is 5.56 Å². The van der Waals surface area contributed by atoms with Crippen LogP contribution in [0.2, 0.25) is 0 Å². The number of ether oxygens (including phenoxy) is 1. The van der Waals surface area contributed by atoms with Gasteiger partial charge in [-0.2, -0.15) is 0 Å². The smallest absolute Gasteiger partial charge is 0.332 e. The second-order valence-corrected chi connectivity index (χ2v) is 3.00. The summed E-state index contributed by atoms with van der Waals surface area (Å²) in [5, 5.41) is 0. The molecule has 0 fully saturated rings. The third-order valence-electron chi connectivity index (χ3n) is 1.75. The van der Waals surface area contributed by atoms with Crippen molar-refractivity contribution >= 4 is 5.97 Å². The first-order valence-electron chi connectivity index (χ1n) is 4.74. The molecule has 0 saturated heterocycles. The van der Waals surface area contributed by atoms with Gasteiger partial charge in [0.1, 0.15) is 0 Å². The summed E-state index contributed by atoms with van der Waals surface area (Å²) in [4.78, 5) is 14.9. The predicted molar refractivity (Wildman–Crippen MR) is 56.8 cm³/mol. The molecule has 0 radical (unpaired) electrons. The van der Waals surface area contributed by atoms with Crippen molar-refractivity contribution in [2.75, 3.05) is 6.61 Å². The molecule has 0 aliphatic carbocycles.